The number of nitrogens with zero attached hydrogens (tertiary/aromatic N) is 4. The minimum atomic E-state index is -0.219. The zero-order chi connectivity index (χ0) is 19.2. The Labute approximate surface area is 165 Å². The topological polar surface area (TPSA) is 70.1 Å². The fourth-order valence-corrected chi connectivity index (χ4v) is 4.67. The van der Waals surface area contributed by atoms with Crippen LogP contribution in [-0.2, 0) is 22.4 Å². The Morgan fingerprint density at radius 2 is 2.07 bits per heavy atom. The monoisotopic (exact) mass is 393 g/mol. The first kappa shape index (κ1) is 20.1. The van der Waals surface area contributed by atoms with Gasteiger partial charge in [-0.3, -0.25) is 9.79 Å². The Hall–Kier alpha value is -1.67. The van der Waals surface area contributed by atoms with Gasteiger partial charge < -0.3 is 19.9 Å². The third-order valence-corrected chi connectivity index (χ3v) is 6.27. The highest BCUT2D eigenvalue weighted by atomic mass is 32.1. The Morgan fingerprint density at radius 3 is 2.67 bits per heavy atom. The van der Waals surface area contributed by atoms with Gasteiger partial charge in [0.05, 0.1) is 10.7 Å². The molecule has 1 aromatic heterocycles. The van der Waals surface area contributed by atoms with Crippen LogP contribution in [0.1, 0.15) is 35.3 Å². The van der Waals surface area contributed by atoms with E-state index in [1.54, 1.807) is 11.3 Å². The molecule has 8 heteroatoms. The molecule has 2 fully saturated rings. The van der Waals surface area contributed by atoms with E-state index in [2.05, 4.69) is 29.1 Å². The maximum atomic E-state index is 12.5. The van der Waals surface area contributed by atoms with Gasteiger partial charge in [-0.05, 0) is 26.2 Å². The van der Waals surface area contributed by atoms with Crippen molar-refractivity contribution in [2.45, 2.75) is 45.6 Å². The van der Waals surface area contributed by atoms with Gasteiger partial charge in [-0.25, -0.2) is 4.98 Å². The standard InChI is InChI=1S/C19H31N5O2S/c1-4-15-14(2)27-17(22-15)7-8-21-19(20-3)24-11-9-23(10-12-24)18(25)16-6-5-13-26-16/h16H,4-13H2,1-3H3,(H,20,21). The first-order valence-electron chi connectivity index (χ1n) is 9.93. The molecule has 1 aromatic rings. The van der Waals surface area contributed by atoms with E-state index in [0.29, 0.717) is 6.61 Å². The van der Waals surface area contributed by atoms with Crippen LogP contribution in [0.3, 0.4) is 0 Å². The first-order chi connectivity index (χ1) is 13.1. The molecule has 0 bridgehead atoms. The number of thiazole rings is 1. The number of guanidine groups is 1. The van der Waals surface area contributed by atoms with E-state index in [9.17, 15) is 4.79 Å². The third kappa shape index (κ3) is 4.99. The van der Waals surface area contributed by atoms with E-state index in [-0.39, 0.29) is 12.0 Å². The number of nitrogens with one attached hydrogen (secondary N) is 1. The van der Waals surface area contributed by atoms with Crippen molar-refractivity contribution in [3.05, 3.63) is 15.6 Å². The molecule has 3 rings (SSSR count). The summed E-state index contributed by atoms with van der Waals surface area (Å²) in [6, 6.07) is 0. The second-order valence-corrected chi connectivity index (χ2v) is 8.29. The molecule has 3 heterocycles. The number of amides is 1. The predicted molar refractivity (Wildman–Crippen MR) is 108 cm³/mol. The van der Waals surface area contributed by atoms with Crippen LogP contribution in [-0.4, -0.2) is 79.1 Å². The van der Waals surface area contributed by atoms with E-state index in [4.69, 9.17) is 9.72 Å². The summed E-state index contributed by atoms with van der Waals surface area (Å²) in [6.45, 7) is 8.88. The second-order valence-electron chi connectivity index (χ2n) is 7.00. The number of ether oxygens (including phenoxy) is 1. The molecule has 27 heavy (non-hydrogen) atoms. The lowest BCUT2D eigenvalue weighted by Gasteiger charge is -2.37. The zero-order valence-electron chi connectivity index (χ0n) is 16.7. The molecule has 0 radical (unpaired) electrons. The largest absolute Gasteiger partial charge is 0.368 e. The Kier molecular flexibility index (Phi) is 7.07. The Bertz CT molecular complexity index is 661. The van der Waals surface area contributed by atoms with E-state index < -0.39 is 0 Å². The second kappa shape index (κ2) is 9.50. The molecule has 1 unspecified atom stereocenters. The number of aromatic nitrogens is 1. The van der Waals surface area contributed by atoms with Gasteiger partial charge >= 0.3 is 0 Å². The highest BCUT2D eigenvalue weighted by Crippen LogP contribution is 2.18. The van der Waals surface area contributed by atoms with Crippen LogP contribution in [0.15, 0.2) is 4.99 Å². The number of rotatable bonds is 5. The van der Waals surface area contributed by atoms with Crippen LogP contribution in [0.5, 0.6) is 0 Å². The van der Waals surface area contributed by atoms with Gasteiger partial charge in [0.1, 0.15) is 6.10 Å². The summed E-state index contributed by atoms with van der Waals surface area (Å²) in [5.41, 5.74) is 1.21. The molecule has 0 saturated carbocycles. The zero-order valence-corrected chi connectivity index (χ0v) is 17.5. The number of aliphatic imine (C=N–C) groups is 1. The van der Waals surface area contributed by atoms with Crippen LogP contribution >= 0.6 is 11.3 Å². The van der Waals surface area contributed by atoms with Crippen LogP contribution in [0.4, 0.5) is 0 Å². The fraction of sp³-hybridized carbons (Fsp3) is 0.737. The molecule has 0 spiro atoms. The lowest BCUT2D eigenvalue weighted by molar-refractivity contribution is -0.142. The van der Waals surface area contributed by atoms with Gasteiger partial charge in [0, 0.05) is 57.7 Å². The molecular formula is C19H31N5O2S. The van der Waals surface area contributed by atoms with Gasteiger partial charge in [0.25, 0.3) is 5.91 Å². The smallest absolute Gasteiger partial charge is 0.251 e. The normalized spacial score (nSPS) is 21.0. The summed E-state index contributed by atoms with van der Waals surface area (Å²) in [4.78, 5) is 27.1. The summed E-state index contributed by atoms with van der Waals surface area (Å²) < 4.78 is 5.53. The summed E-state index contributed by atoms with van der Waals surface area (Å²) >= 11 is 1.79. The molecule has 2 aliphatic rings. The number of piperazine rings is 1. The van der Waals surface area contributed by atoms with Crippen molar-refractivity contribution >= 4 is 23.2 Å². The number of aryl methyl sites for hydroxylation is 2. The first-order valence-corrected chi connectivity index (χ1v) is 10.7. The third-order valence-electron chi connectivity index (χ3n) is 5.20. The van der Waals surface area contributed by atoms with Crippen LogP contribution in [0.25, 0.3) is 0 Å². The minimum absolute atomic E-state index is 0.154. The molecule has 150 valence electrons. The Balaban J connectivity index is 1.44. The molecule has 0 aliphatic carbocycles. The van der Waals surface area contributed by atoms with Crippen LogP contribution < -0.4 is 5.32 Å². The van der Waals surface area contributed by atoms with Gasteiger partial charge in [0.15, 0.2) is 5.96 Å². The molecular weight excluding hydrogens is 362 g/mol. The van der Waals surface area contributed by atoms with E-state index >= 15 is 0 Å². The van der Waals surface area contributed by atoms with Gasteiger partial charge in [0.2, 0.25) is 0 Å². The lowest BCUT2D eigenvalue weighted by atomic mass is 10.2. The highest BCUT2D eigenvalue weighted by Gasteiger charge is 2.30. The number of carbonyl (C=O) groups excluding carboxylic acids is 1. The van der Waals surface area contributed by atoms with Crippen LogP contribution in [0, 0.1) is 6.92 Å². The Morgan fingerprint density at radius 1 is 1.33 bits per heavy atom. The van der Waals surface area contributed by atoms with Crippen molar-refractivity contribution in [2.75, 3.05) is 46.4 Å². The molecule has 1 amide bonds. The van der Waals surface area contributed by atoms with E-state index in [1.807, 2.05) is 11.9 Å². The summed E-state index contributed by atoms with van der Waals surface area (Å²) in [6.07, 6.45) is 3.53. The van der Waals surface area contributed by atoms with Gasteiger partial charge in [-0.2, -0.15) is 0 Å². The van der Waals surface area contributed by atoms with Crippen molar-refractivity contribution in [2.24, 2.45) is 4.99 Å². The summed E-state index contributed by atoms with van der Waals surface area (Å²) in [5.74, 6) is 1.06. The minimum Gasteiger partial charge on any atom is -0.368 e. The molecule has 0 aromatic carbocycles. The molecule has 2 aliphatic heterocycles. The summed E-state index contributed by atoms with van der Waals surface area (Å²) in [7, 11) is 1.81. The average molecular weight is 394 g/mol. The maximum absolute atomic E-state index is 12.5. The lowest BCUT2D eigenvalue weighted by Crippen LogP contribution is -2.55. The van der Waals surface area contributed by atoms with Crippen LogP contribution in [0.2, 0.25) is 0 Å². The molecule has 1 N–H and O–H groups in total. The maximum Gasteiger partial charge on any atom is 0.251 e. The van der Waals surface area contributed by atoms with Crippen molar-refractivity contribution in [1.82, 2.24) is 20.1 Å². The van der Waals surface area contributed by atoms with E-state index in [0.717, 1.165) is 64.4 Å². The van der Waals surface area contributed by atoms with Gasteiger partial charge in [-0.15, -0.1) is 11.3 Å². The highest BCUT2D eigenvalue weighted by molar-refractivity contribution is 7.11. The molecule has 1 atom stereocenters. The number of hydrogen-bond acceptors (Lipinski definition) is 5. The predicted octanol–water partition coefficient (Wildman–Crippen LogP) is 1.46. The SMILES string of the molecule is CCc1nc(CCNC(=NC)N2CCN(C(=O)C3CCCO3)CC2)sc1C. The quantitative estimate of drug-likeness (QED) is 0.606. The van der Waals surface area contributed by atoms with Crippen molar-refractivity contribution in [1.29, 1.82) is 0 Å². The molecule has 2 saturated heterocycles. The van der Waals surface area contributed by atoms with Crippen molar-refractivity contribution < 1.29 is 9.53 Å². The van der Waals surface area contributed by atoms with E-state index in [1.165, 1.54) is 15.6 Å². The van der Waals surface area contributed by atoms with Gasteiger partial charge in [-0.1, -0.05) is 6.92 Å². The van der Waals surface area contributed by atoms with Crippen molar-refractivity contribution in [3.63, 3.8) is 0 Å². The number of carbonyl (C=O) groups is 1. The molecule has 7 nitrogen and oxygen atoms in total. The van der Waals surface area contributed by atoms with Crippen molar-refractivity contribution in [3.8, 4) is 0 Å². The number of hydrogen-bond donors (Lipinski definition) is 1. The fourth-order valence-electron chi connectivity index (χ4n) is 3.65. The summed E-state index contributed by atoms with van der Waals surface area (Å²) in [5, 5.41) is 4.63. The average Bonchev–Trinajstić information content (AvgIpc) is 3.34.